The van der Waals surface area contributed by atoms with Crippen LogP contribution in [0.25, 0.3) is 0 Å². The summed E-state index contributed by atoms with van der Waals surface area (Å²) in [5.41, 5.74) is 0.540. The minimum Gasteiger partial charge on any atom is -0.334 e. The van der Waals surface area contributed by atoms with Crippen LogP contribution in [-0.4, -0.2) is 77.5 Å². The highest BCUT2D eigenvalue weighted by Crippen LogP contribution is 2.25. The van der Waals surface area contributed by atoms with Gasteiger partial charge in [0.15, 0.2) is 0 Å². The molecule has 5 nitrogen and oxygen atoms in total. The van der Waals surface area contributed by atoms with Gasteiger partial charge in [0.05, 0.1) is 0 Å². The number of likely N-dealkylation sites (N-methyl/N-ethyl adjacent to an activating group) is 1. The van der Waals surface area contributed by atoms with Crippen LogP contribution in [0.15, 0.2) is 12.1 Å². The molecular weight excluding hydrogens is 338 g/mol. The van der Waals surface area contributed by atoms with E-state index in [2.05, 4.69) is 16.8 Å². The Morgan fingerprint density at radius 3 is 2.58 bits per heavy atom. The minimum absolute atomic E-state index is 0.115. The van der Waals surface area contributed by atoms with Crippen LogP contribution >= 0.6 is 0 Å². The molecule has 2 fully saturated rings. The molecule has 0 N–H and O–H groups in total. The summed E-state index contributed by atoms with van der Waals surface area (Å²) in [4.78, 5) is 19.6. The van der Waals surface area contributed by atoms with Gasteiger partial charge in [0.1, 0.15) is 5.69 Å². The summed E-state index contributed by atoms with van der Waals surface area (Å²) < 4.78 is 27.6. The van der Waals surface area contributed by atoms with Gasteiger partial charge in [-0.2, -0.15) is 8.78 Å². The van der Waals surface area contributed by atoms with Crippen LogP contribution in [0.3, 0.4) is 0 Å². The number of aromatic nitrogens is 1. The minimum atomic E-state index is -2.68. The van der Waals surface area contributed by atoms with Crippen LogP contribution in [0.2, 0.25) is 0 Å². The molecule has 0 bridgehead atoms. The van der Waals surface area contributed by atoms with E-state index in [0.29, 0.717) is 12.2 Å². The number of piperazine rings is 1. The number of rotatable bonds is 5. The van der Waals surface area contributed by atoms with Crippen LogP contribution < -0.4 is 0 Å². The average Bonchev–Trinajstić information content (AvgIpc) is 3.03. The van der Waals surface area contributed by atoms with E-state index >= 15 is 0 Å². The van der Waals surface area contributed by atoms with Crippen molar-refractivity contribution in [2.24, 2.45) is 0 Å². The highest BCUT2D eigenvalue weighted by molar-refractivity contribution is 5.93. The Hall–Kier alpha value is -1.47. The fourth-order valence-corrected chi connectivity index (χ4v) is 4.10. The third-order valence-corrected chi connectivity index (χ3v) is 5.80. The van der Waals surface area contributed by atoms with Gasteiger partial charge in [0.25, 0.3) is 5.91 Å². The summed E-state index contributed by atoms with van der Waals surface area (Å²) in [5.74, 6) is -0.249. The Bertz CT molecular complexity index is 611. The standard InChI is InChI=1S/C19H30F2N4O/c1-15-6-7-17(25(15)19(20)21)18(26)24-9-4-3-5-16(24)8-10-23-13-11-22(2)12-14-23/h6-7,16,19H,3-5,8-14H2,1-2H3. The van der Waals surface area contributed by atoms with Crippen molar-refractivity contribution >= 4 is 5.91 Å². The second-order valence-corrected chi connectivity index (χ2v) is 7.59. The molecule has 7 heteroatoms. The van der Waals surface area contributed by atoms with Crippen molar-refractivity contribution in [1.29, 1.82) is 0 Å². The molecule has 1 amide bonds. The SMILES string of the molecule is Cc1ccc(C(=O)N2CCCCC2CCN2CCN(C)CC2)n1C(F)F. The van der Waals surface area contributed by atoms with Crippen LogP contribution in [0.1, 0.15) is 48.4 Å². The number of nitrogens with zero attached hydrogens (tertiary/aromatic N) is 4. The highest BCUT2D eigenvalue weighted by Gasteiger charge is 2.31. The largest absolute Gasteiger partial charge is 0.334 e. The third kappa shape index (κ3) is 4.26. The summed E-state index contributed by atoms with van der Waals surface area (Å²) in [6.45, 7) is 4.84. The van der Waals surface area contributed by atoms with Crippen molar-refractivity contribution in [3.05, 3.63) is 23.5 Å². The number of hydrogen-bond acceptors (Lipinski definition) is 3. The van der Waals surface area contributed by atoms with Gasteiger partial charge in [-0.25, -0.2) is 0 Å². The number of carbonyl (C=O) groups is 1. The molecule has 1 atom stereocenters. The molecule has 0 spiro atoms. The van der Waals surface area contributed by atoms with Gasteiger partial charge in [0.2, 0.25) is 0 Å². The van der Waals surface area contributed by atoms with Gasteiger partial charge >= 0.3 is 6.55 Å². The van der Waals surface area contributed by atoms with Crippen LogP contribution in [0.5, 0.6) is 0 Å². The lowest BCUT2D eigenvalue weighted by molar-refractivity contribution is 0.0451. The lowest BCUT2D eigenvalue weighted by Gasteiger charge is -2.38. The number of likely N-dealkylation sites (tertiary alicyclic amines) is 1. The van der Waals surface area contributed by atoms with Crippen molar-refractivity contribution in [1.82, 2.24) is 19.3 Å². The van der Waals surface area contributed by atoms with Gasteiger partial charge in [0, 0.05) is 51.0 Å². The van der Waals surface area contributed by atoms with E-state index in [-0.39, 0.29) is 17.6 Å². The topological polar surface area (TPSA) is 31.7 Å². The Morgan fingerprint density at radius 1 is 1.15 bits per heavy atom. The predicted octanol–water partition coefficient (Wildman–Crippen LogP) is 2.82. The van der Waals surface area contributed by atoms with E-state index in [9.17, 15) is 13.6 Å². The van der Waals surface area contributed by atoms with E-state index in [1.54, 1.807) is 13.0 Å². The molecule has 26 heavy (non-hydrogen) atoms. The van der Waals surface area contributed by atoms with Gasteiger partial charge in [-0.05, 0) is 51.8 Å². The number of alkyl halides is 2. The maximum Gasteiger partial charge on any atom is 0.319 e. The molecular formula is C19H30F2N4O. The number of halogens is 2. The molecule has 1 aromatic heterocycles. The van der Waals surface area contributed by atoms with Crippen molar-refractivity contribution in [2.45, 2.75) is 45.2 Å². The van der Waals surface area contributed by atoms with E-state index < -0.39 is 6.55 Å². The van der Waals surface area contributed by atoms with Crippen molar-refractivity contribution < 1.29 is 13.6 Å². The first kappa shape index (κ1) is 19.3. The first-order valence-electron chi connectivity index (χ1n) is 9.65. The second-order valence-electron chi connectivity index (χ2n) is 7.59. The fraction of sp³-hybridized carbons (Fsp3) is 0.737. The number of piperidine rings is 1. The zero-order valence-electron chi connectivity index (χ0n) is 15.8. The lowest BCUT2D eigenvalue weighted by atomic mass is 9.98. The lowest BCUT2D eigenvalue weighted by Crippen LogP contribution is -2.48. The Labute approximate surface area is 154 Å². The monoisotopic (exact) mass is 368 g/mol. The molecule has 1 aromatic rings. The van der Waals surface area contributed by atoms with Crippen LogP contribution in [0.4, 0.5) is 8.78 Å². The van der Waals surface area contributed by atoms with E-state index in [0.717, 1.165) is 63.0 Å². The predicted molar refractivity (Wildman–Crippen MR) is 97.7 cm³/mol. The molecule has 3 rings (SSSR count). The molecule has 0 aliphatic carbocycles. The molecule has 3 heterocycles. The average molecular weight is 368 g/mol. The van der Waals surface area contributed by atoms with E-state index in [1.165, 1.54) is 6.07 Å². The van der Waals surface area contributed by atoms with Crippen LogP contribution in [0, 0.1) is 6.92 Å². The normalized spacial score (nSPS) is 23.0. The third-order valence-electron chi connectivity index (χ3n) is 5.80. The molecule has 2 saturated heterocycles. The molecule has 1 unspecified atom stereocenters. The molecule has 2 aliphatic rings. The van der Waals surface area contributed by atoms with Gasteiger partial charge < -0.3 is 14.7 Å². The second kappa shape index (κ2) is 8.48. The maximum atomic E-state index is 13.4. The Balaban J connectivity index is 1.66. The number of hydrogen-bond donors (Lipinski definition) is 0. The number of amides is 1. The molecule has 146 valence electrons. The zero-order chi connectivity index (χ0) is 18.7. The maximum absolute atomic E-state index is 13.4. The summed E-state index contributed by atoms with van der Waals surface area (Å²) >= 11 is 0. The van der Waals surface area contributed by atoms with Gasteiger partial charge in [-0.3, -0.25) is 9.36 Å². The number of carbonyl (C=O) groups excluding carboxylic acids is 1. The van der Waals surface area contributed by atoms with Gasteiger partial charge in [-0.1, -0.05) is 0 Å². The van der Waals surface area contributed by atoms with E-state index in [1.807, 2.05) is 4.90 Å². The first-order valence-corrected chi connectivity index (χ1v) is 9.65. The quantitative estimate of drug-likeness (QED) is 0.801. The number of aryl methyl sites for hydroxylation is 1. The molecule has 0 aromatic carbocycles. The fourth-order valence-electron chi connectivity index (χ4n) is 4.10. The smallest absolute Gasteiger partial charge is 0.319 e. The molecule has 0 radical (unpaired) electrons. The van der Waals surface area contributed by atoms with E-state index in [4.69, 9.17) is 0 Å². The summed E-state index contributed by atoms with van der Waals surface area (Å²) in [6, 6.07) is 3.29. The zero-order valence-corrected chi connectivity index (χ0v) is 15.8. The summed E-state index contributed by atoms with van der Waals surface area (Å²) in [6.07, 6.45) is 3.94. The van der Waals surface area contributed by atoms with Crippen molar-refractivity contribution in [2.75, 3.05) is 46.3 Å². The van der Waals surface area contributed by atoms with Crippen molar-refractivity contribution in [3.8, 4) is 0 Å². The Kier molecular flexibility index (Phi) is 6.29. The molecule has 0 saturated carbocycles. The van der Waals surface area contributed by atoms with Crippen molar-refractivity contribution in [3.63, 3.8) is 0 Å². The van der Waals surface area contributed by atoms with Gasteiger partial charge in [-0.15, -0.1) is 0 Å². The Morgan fingerprint density at radius 2 is 1.88 bits per heavy atom. The van der Waals surface area contributed by atoms with Crippen LogP contribution in [-0.2, 0) is 0 Å². The summed E-state index contributed by atoms with van der Waals surface area (Å²) in [5, 5.41) is 0. The first-order chi connectivity index (χ1) is 12.5. The summed E-state index contributed by atoms with van der Waals surface area (Å²) in [7, 11) is 2.14. The highest BCUT2D eigenvalue weighted by atomic mass is 19.3. The molecule has 2 aliphatic heterocycles.